The van der Waals surface area contributed by atoms with Gasteiger partial charge in [-0.05, 0) is 32.2 Å². The second-order valence-corrected chi connectivity index (χ2v) is 4.67. The van der Waals surface area contributed by atoms with Crippen molar-refractivity contribution in [3.8, 4) is 0 Å². The van der Waals surface area contributed by atoms with E-state index in [0.717, 1.165) is 18.2 Å². The molecule has 0 saturated heterocycles. The van der Waals surface area contributed by atoms with Crippen LogP contribution in [0.3, 0.4) is 0 Å². The minimum absolute atomic E-state index is 0.228. The molecule has 1 aliphatic rings. The minimum atomic E-state index is -0.396. The molecule has 0 amide bonds. The van der Waals surface area contributed by atoms with Gasteiger partial charge in [-0.15, -0.1) is 11.3 Å². The van der Waals surface area contributed by atoms with Crippen molar-refractivity contribution in [1.29, 1.82) is 0 Å². The number of nitrogens with zero attached hydrogens (tertiary/aromatic N) is 1. The van der Waals surface area contributed by atoms with Crippen molar-refractivity contribution in [2.45, 2.75) is 25.8 Å². The largest absolute Gasteiger partial charge is 0.465 e. The molecule has 1 atom stereocenters. The van der Waals surface area contributed by atoms with Gasteiger partial charge in [0.05, 0.1) is 17.8 Å². The molecule has 2 rings (SSSR count). The Kier molecular flexibility index (Phi) is 3.90. The van der Waals surface area contributed by atoms with E-state index in [4.69, 9.17) is 4.74 Å². The summed E-state index contributed by atoms with van der Waals surface area (Å²) in [5, 5.41) is 5.13. The van der Waals surface area contributed by atoms with Gasteiger partial charge in [-0.2, -0.15) is 0 Å². The predicted molar refractivity (Wildman–Crippen MR) is 62.2 cm³/mol. The SMILES string of the molecule is CCOC(=O)C(NCC1CC1)c1cscn1. The van der Waals surface area contributed by atoms with Crippen LogP contribution in [-0.4, -0.2) is 24.1 Å². The van der Waals surface area contributed by atoms with Crippen molar-refractivity contribution in [1.82, 2.24) is 10.3 Å². The lowest BCUT2D eigenvalue weighted by Gasteiger charge is -2.14. The Morgan fingerprint density at radius 3 is 3.12 bits per heavy atom. The fraction of sp³-hybridized carbons (Fsp3) is 0.636. The van der Waals surface area contributed by atoms with Crippen molar-refractivity contribution in [3.05, 3.63) is 16.6 Å². The first-order valence-corrected chi connectivity index (χ1v) is 6.53. The summed E-state index contributed by atoms with van der Waals surface area (Å²) in [5.74, 6) is 0.504. The molecular weight excluding hydrogens is 224 g/mol. The van der Waals surface area contributed by atoms with Crippen molar-refractivity contribution in [2.24, 2.45) is 5.92 Å². The van der Waals surface area contributed by atoms with E-state index in [1.165, 1.54) is 24.2 Å². The zero-order valence-corrected chi connectivity index (χ0v) is 10.1. The van der Waals surface area contributed by atoms with Gasteiger partial charge in [0.1, 0.15) is 6.04 Å². The van der Waals surface area contributed by atoms with Gasteiger partial charge in [-0.1, -0.05) is 0 Å². The van der Waals surface area contributed by atoms with Crippen LogP contribution in [0, 0.1) is 5.92 Å². The number of rotatable bonds is 6. The van der Waals surface area contributed by atoms with E-state index in [0.29, 0.717) is 6.61 Å². The monoisotopic (exact) mass is 240 g/mol. The summed E-state index contributed by atoms with van der Waals surface area (Å²) in [7, 11) is 0. The topological polar surface area (TPSA) is 51.2 Å². The fourth-order valence-corrected chi connectivity index (χ4v) is 2.08. The van der Waals surface area contributed by atoms with Crippen LogP contribution in [0.15, 0.2) is 10.9 Å². The molecule has 0 spiro atoms. The van der Waals surface area contributed by atoms with E-state index in [-0.39, 0.29) is 5.97 Å². The Hall–Kier alpha value is -0.940. The number of aromatic nitrogens is 1. The Bertz CT molecular complexity index is 336. The van der Waals surface area contributed by atoms with Gasteiger partial charge >= 0.3 is 5.97 Å². The molecule has 1 aromatic heterocycles. The van der Waals surface area contributed by atoms with Crippen LogP contribution in [0.2, 0.25) is 0 Å². The quantitative estimate of drug-likeness (QED) is 0.770. The van der Waals surface area contributed by atoms with Crippen molar-refractivity contribution in [3.63, 3.8) is 0 Å². The summed E-state index contributed by atoms with van der Waals surface area (Å²) >= 11 is 1.49. The second kappa shape index (κ2) is 5.41. The molecule has 1 unspecified atom stereocenters. The lowest BCUT2D eigenvalue weighted by atomic mass is 10.2. The van der Waals surface area contributed by atoms with E-state index in [9.17, 15) is 4.79 Å². The Morgan fingerprint density at radius 1 is 1.75 bits per heavy atom. The summed E-state index contributed by atoms with van der Waals surface area (Å²) < 4.78 is 5.04. The number of nitrogens with one attached hydrogen (secondary N) is 1. The number of carbonyl (C=O) groups excluding carboxylic acids is 1. The van der Waals surface area contributed by atoms with E-state index in [2.05, 4.69) is 10.3 Å². The van der Waals surface area contributed by atoms with Gasteiger partial charge in [-0.3, -0.25) is 5.32 Å². The van der Waals surface area contributed by atoms with Gasteiger partial charge in [0, 0.05) is 5.38 Å². The number of thiazole rings is 1. The van der Waals surface area contributed by atoms with Crippen molar-refractivity contribution < 1.29 is 9.53 Å². The highest BCUT2D eigenvalue weighted by atomic mass is 32.1. The number of hydrogen-bond donors (Lipinski definition) is 1. The summed E-state index contributed by atoms with van der Waals surface area (Å²) in [4.78, 5) is 15.9. The summed E-state index contributed by atoms with van der Waals surface area (Å²) in [6.45, 7) is 3.10. The highest BCUT2D eigenvalue weighted by molar-refractivity contribution is 7.07. The van der Waals surface area contributed by atoms with Gasteiger partial charge in [0.25, 0.3) is 0 Å². The number of carbonyl (C=O) groups is 1. The molecule has 4 nitrogen and oxygen atoms in total. The number of esters is 1. The third-order valence-electron chi connectivity index (χ3n) is 2.58. The van der Waals surface area contributed by atoms with E-state index < -0.39 is 6.04 Å². The average Bonchev–Trinajstić information content (AvgIpc) is 2.93. The van der Waals surface area contributed by atoms with Crippen molar-refractivity contribution >= 4 is 17.3 Å². The molecule has 88 valence electrons. The lowest BCUT2D eigenvalue weighted by molar-refractivity contribution is -0.146. The van der Waals surface area contributed by atoms with Crippen LogP contribution in [0.4, 0.5) is 0 Å². The Balaban J connectivity index is 1.96. The standard InChI is InChI=1S/C11H16N2O2S/c1-2-15-11(14)10(9-6-16-7-13-9)12-5-8-3-4-8/h6-8,10,12H,2-5H2,1H3. The van der Waals surface area contributed by atoms with E-state index in [1.807, 2.05) is 12.3 Å². The third kappa shape index (κ3) is 3.02. The summed E-state index contributed by atoms with van der Waals surface area (Å²) in [6, 6.07) is -0.396. The smallest absolute Gasteiger partial charge is 0.329 e. The first-order valence-electron chi connectivity index (χ1n) is 5.59. The molecule has 0 bridgehead atoms. The molecule has 16 heavy (non-hydrogen) atoms. The van der Waals surface area contributed by atoms with Crippen LogP contribution < -0.4 is 5.32 Å². The van der Waals surface area contributed by atoms with Crippen LogP contribution >= 0.6 is 11.3 Å². The van der Waals surface area contributed by atoms with Gasteiger partial charge in [-0.25, -0.2) is 9.78 Å². The highest BCUT2D eigenvalue weighted by Crippen LogP contribution is 2.28. The first-order chi connectivity index (χ1) is 7.81. The van der Waals surface area contributed by atoms with E-state index in [1.54, 1.807) is 5.51 Å². The van der Waals surface area contributed by atoms with Gasteiger partial charge < -0.3 is 4.74 Å². The molecule has 1 aromatic rings. The maximum Gasteiger partial charge on any atom is 0.329 e. The zero-order valence-electron chi connectivity index (χ0n) is 9.31. The summed E-state index contributed by atoms with van der Waals surface area (Å²) in [5.41, 5.74) is 2.50. The van der Waals surface area contributed by atoms with Crippen LogP contribution in [0.1, 0.15) is 31.5 Å². The molecule has 0 aliphatic heterocycles. The second-order valence-electron chi connectivity index (χ2n) is 3.95. The van der Waals surface area contributed by atoms with Crippen LogP contribution in [0.25, 0.3) is 0 Å². The van der Waals surface area contributed by atoms with Gasteiger partial charge in [0.2, 0.25) is 0 Å². The molecule has 1 N–H and O–H groups in total. The molecule has 0 aromatic carbocycles. The molecule has 1 heterocycles. The molecule has 1 aliphatic carbocycles. The maximum atomic E-state index is 11.8. The first kappa shape index (κ1) is 11.5. The highest BCUT2D eigenvalue weighted by Gasteiger charge is 2.27. The lowest BCUT2D eigenvalue weighted by Crippen LogP contribution is -2.31. The molecule has 1 saturated carbocycles. The van der Waals surface area contributed by atoms with Crippen LogP contribution in [0.5, 0.6) is 0 Å². The number of ether oxygens (including phenoxy) is 1. The average molecular weight is 240 g/mol. The van der Waals surface area contributed by atoms with Gasteiger partial charge in [0.15, 0.2) is 0 Å². The Morgan fingerprint density at radius 2 is 2.56 bits per heavy atom. The third-order valence-corrected chi connectivity index (χ3v) is 3.18. The zero-order chi connectivity index (χ0) is 11.4. The summed E-state index contributed by atoms with van der Waals surface area (Å²) in [6.07, 6.45) is 2.53. The minimum Gasteiger partial charge on any atom is -0.465 e. The maximum absolute atomic E-state index is 11.8. The molecule has 1 fully saturated rings. The molecule has 5 heteroatoms. The fourth-order valence-electron chi connectivity index (χ4n) is 1.51. The van der Waals surface area contributed by atoms with E-state index >= 15 is 0 Å². The Labute approximate surface area is 99.0 Å². The molecular formula is C11H16N2O2S. The normalized spacial score (nSPS) is 17.1. The molecule has 0 radical (unpaired) electrons. The van der Waals surface area contributed by atoms with Crippen LogP contribution in [-0.2, 0) is 9.53 Å². The van der Waals surface area contributed by atoms with Crippen molar-refractivity contribution in [2.75, 3.05) is 13.2 Å². The number of hydrogen-bond acceptors (Lipinski definition) is 5. The predicted octanol–water partition coefficient (Wildman–Crippen LogP) is 1.75.